The average molecular weight is 437 g/mol. The number of hydrogen-bond donors (Lipinski definition) is 1. The van der Waals surface area contributed by atoms with Crippen molar-refractivity contribution in [1.29, 1.82) is 0 Å². The van der Waals surface area contributed by atoms with Crippen LogP contribution < -0.4 is 5.73 Å². The smallest absolute Gasteiger partial charge is 0.259 e. The fourth-order valence-electron chi connectivity index (χ4n) is 4.35. The summed E-state index contributed by atoms with van der Waals surface area (Å²) in [5.41, 5.74) is 8.43. The van der Waals surface area contributed by atoms with Gasteiger partial charge >= 0.3 is 0 Å². The van der Waals surface area contributed by atoms with Crippen LogP contribution in [0.15, 0.2) is 48.5 Å². The lowest BCUT2D eigenvalue weighted by molar-refractivity contribution is 0.0613. The van der Waals surface area contributed by atoms with Crippen molar-refractivity contribution in [3.63, 3.8) is 0 Å². The molecule has 162 valence electrons. The van der Waals surface area contributed by atoms with E-state index >= 15 is 0 Å². The van der Waals surface area contributed by atoms with E-state index in [9.17, 15) is 9.59 Å². The molecule has 5 nitrogen and oxygen atoms in total. The van der Waals surface area contributed by atoms with Gasteiger partial charge in [-0.1, -0.05) is 30.3 Å². The fraction of sp³-hybridized carbons (Fsp3) is 0.360. The maximum atomic E-state index is 13.4. The summed E-state index contributed by atoms with van der Waals surface area (Å²) in [5.74, 6) is -0.345. The first-order valence-corrected chi connectivity index (χ1v) is 11.7. The van der Waals surface area contributed by atoms with Crippen molar-refractivity contribution in [2.24, 2.45) is 5.73 Å². The van der Waals surface area contributed by atoms with E-state index in [1.54, 1.807) is 0 Å². The molecule has 0 bridgehead atoms. The molecule has 0 radical (unpaired) electrons. The number of amides is 2. The zero-order chi connectivity index (χ0) is 21.8. The molecule has 0 unspecified atom stereocenters. The van der Waals surface area contributed by atoms with Crippen LogP contribution in [0.1, 0.15) is 57.3 Å². The number of primary amides is 1. The lowest BCUT2D eigenvalue weighted by Crippen LogP contribution is -2.45. The largest absolute Gasteiger partial charge is 0.377 e. The normalized spacial score (nSPS) is 16.5. The van der Waals surface area contributed by atoms with E-state index in [0.717, 1.165) is 47.0 Å². The monoisotopic (exact) mass is 436 g/mol. The summed E-state index contributed by atoms with van der Waals surface area (Å²) >= 11 is 1.44. The van der Waals surface area contributed by atoms with Gasteiger partial charge in [0.15, 0.2) is 0 Å². The molecule has 1 aliphatic rings. The van der Waals surface area contributed by atoms with Gasteiger partial charge in [0.1, 0.15) is 0 Å². The number of likely N-dealkylation sites (tertiary alicyclic amines) is 1. The highest BCUT2D eigenvalue weighted by Gasteiger charge is 2.30. The third-order valence-corrected chi connectivity index (χ3v) is 7.15. The van der Waals surface area contributed by atoms with Crippen LogP contribution >= 0.6 is 11.3 Å². The highest BCUT2D eigenvalue weighted by Crippen LogP contribution is 2.34. The summed E-state index contributed by atoms with van der Waals surface area (Å²) < 4.78 is 6.51. The van der Waals surface area contributed by atoms with Gasteiger partial charge in [0.05, 0.1) is 11.5 Å². The molecule has 1 atom stereocenters. The second kappa shape index (κ2) is 9.62. The zero-order valence-electron chi connectivity index (χ0n) is 17.8. The molecule has 2 heterocycles. The first kappa shape index (κ1) is 21.5. The van der Waals surface area contributed by atoms with Crippen LogP contribution in [0.5, 0.6) is 0 Å². The third-order valence-electron chi connectivity index (χ3n) is 5.92. The number of benzene rings is 2. The standard InChI is InChI=1S/C25H28N2O3S/c1-2-30-16-17-10-12-18(13-11-17)25(29)27-14-6-5-7-19(27)15-21-20-8-3-4-9-22(20)31-23(21)24(26)28/h3-4,8-13,19H,2,5-7,14-16H2,1H3,(H2,26,28)/t19-/m0/s1. The predicted octanol–water partition coefficient (Wildman–Crippen LogP) is 4.77. The summed E-state index contributed by atoms with van der Waals surface area (Å²) in [5, 5.41) is 1.07. The highest BCUT2D eigenvalue weighted by atomic mass is 32.1. The zero-order valence-corrected chi connectivity index (χ0v) is 18.6. The number of ether oxygens (including phenoxy) is 1. The van der Waals surface area contributed by atoms with E-state index in [2.05, 4.69) is 0 Å². The Kier molecular flexibility index (Phi) is 6.68. The van der Waals surface area contributed by atoms with Gasteiger partial charge in [-0.15, -0.1) is 11.3 Å². The van der Waals surface area contributed by atoms with Gasteiger partial charge in [-0.05, 0) is 67.3 Å². The van der Waals surface area contributed by atoms with Crippen LogP contribution in [0.3, 0.4) is 0 Å². The molecule has 31 heavy (non-hydrogen) atoms. The van der Waals surface area contributed by atoms with Crippen LogP contribution in [0, 0.1) is 0 Å². The Balaban J connectivity index is 1.58. The number of fused-ring (bicyclic) bond motifs is 1. The van der Waals surface area contributed by atoms with Gasteiger partial charge in [-0.3, -0.25) is 9.59 Å². The van der Waals surface area contributed by atoms with Crippen molar-refractivity contribution < 1.29 is 14.3 Å². The molecular formula is C25H28N2O3S. The topological polar surface area (TPSA) is 72.6 Å². The number of nitrogens with two attached hydrogens (primary N) is 1. The number of carbonyl (C=O) groups excluding carboxylic acids is 2. The number of piperidine rings is 1. The minimum absolute atomic E-state index is 0.0489. The maximum absolute atomic E-state index is 13.4. The Morgan fingerprint density at radius 1 is 1.13 bits per heavy atom. The number of hydrogen-bond acceptors (Lipinski definition) is 4. The predicted molar refractivity (Wildman–Crippen MR) is 124 cm³/mol. The van der Waals surface area contributed by atoms with Crippen molar-refractivity contribution in [3.05, 3.63) is 70.1 Å². The van der Waals surface area contributed by atoms with Crippen LogP contribution in [0.2, 0.25) is 0 Å². The van der Waals surface area contributed by atoms with E-state index in [1.807, 2.05) is 60.4 Å². The van der Waals surface area contributed by atoms with Gasteiger partial charge in [-0.2, -0.15) is 0 Å². The molecule has 2 amide bonds. The third kappa shape index (κ3) is 4.65. The maximum Gasteiger partial charge on any atom is 0.259 e. The van der Waals surface area contributed by atoms with Crippen molar-refractivity contribution in [1.82, 2.24) is 4.90 Å². The van der Waals surface area contributed by atoms with Crippen LogP contribution in [0.4, 0.5) is 0 Å². The van der Waals surface area contributed by atoms with Gasteiger partial charge in [0.2, 0.25) is 0 Å². The van der Waals surface area contributed by atoms with Crippen LogP contribution in [-0.2, 0) is 17.8 Å². The van der Waals surface area contributed by atoms with E-state index in [4.69, 9.17) is 10.5 Å². The minimum Gasteiger partial charge on any atom is -0.377 e. The fourth-order valence-corrected chi connectivity index (χ4v) is 5.43. The Bertz CT molecular complexity index is 1070. The summed E-state index contributed by atoms with van der Waals surface area (Å²) in [7, 11) is 0. The van der Waals surface area contributed by atoms with Crippen LogP contribution in [0.25, 0.3) is 10.1 Å². The van der Waals surface area contributed by atoms with E-state index in [-0.39, 0.29) is 11.9 Å². The summed E-state index contributed by atoms with van der Waals surface area (Å²) in [4.78, 5) is 28.1. The average Bonchev–Trinajstić information content (AvgIpc) is 3.17. The van der Waals surface area contributed by atoms with Crippen molar-refractivity contribution in [3.8, 4) is 0 Å². The quantitative estimate of drug-likeness (QED) is 0.580. The van der Waals surface area contributed by atoms with Crippen LogP contribution in [-0.4, -0.2) is 35.9 Å². The van der Waals surface area contributed by atoms with Gasteiger partial charge in [0.25, 0.3) is 11.8 Å². The van der Waals surface area contributed by atoms with Gasteiger partial charge in [-0.25, -0.2) is 0 Å². The lowest BCUT2D eigenvalue weighted by atomic mass is 9.93. The number of carbonyl (C=O) groups is 2. The molecule has 0 saturated carbocycles. The number of rotatable bonds is 7. The van der Waals surface area contributed by atoms with Gasteiger partial charge in [0, 0.05) is 29.5 Å². The SMILES string of the molecule is CCOCc1ccc(C(=O)N2CCCC[C@H]2Cc2c(C(N)=O)sc3ccccc23)cc1. The summed E-state index contributed by atoms with van der Waals surface area (Å²) in [6.45, 7) is 3.92. The van der Waals surface area contributed by atoms with Crippen molar-refractivity contribution in [2.45, 2.75) is 45.3 Å². The second-order valence-corrected chi connectivity index (χ2v) is 9.01. The molecule has 1 aromatic heterocycles. The van der Waals surface area contributed by atoms with Gasteiger partial charge < -0.3 is 15.4 Å². The Morgan fingerprint density at radius 2 is 1.90 bits per heavy atom. The molecule has 2 aromatic carbocycles. The summed E-state index contributed by atoms with van der Waals surface area (Å²) in [6.07, 6.45) is 3.65. The van der Waals surface area contributed by atoms with E-state index < -0.39 is 5.91 Å². The molecule has 0 spiro atoms. The minimum atomic E-state index is -0.394. The second-order valence-electron chi connectivity index (χ2n) is 7.96. The first-order chi connectivity index (χ1) is 15.1. The molecule has 3 aromatic rings. The number of thiophene rings is 1. The van der Waals surface area contributed by atoms with Crippen molar-refractivity contribution >= 4 is 33.2 Å². The Hall–Kier alpha value is -2.70. The molecule has 1 saturated heterocycles. The molecule has 4 rings (SSSR count). The Labute approximate surface area is 186 Å². The van der Waals surface area contributed by atoms with E-state index in [0.29, 0.717) is 30.1 Å². The first-order valence-electron chi connectivity index (χ1n) is 10.9. The van der Waals surface area contributed by atoms with E-state index in [1.165, 1.54) is 11.3 Å². The lowest BCUT2D eigenvalue weighted by Gasteiger charge is -2.36. The molecular weight excluding hydrogens is 408 g/mol. The molecule has 2 N–H and O–H groups in total. The highest BCUT2D eigenvalue weighted by molar-refractivity contribution is 7.21. The van der Waals surface area contributed by atoms with Crippen molar-refractivity contribution in [2.75, 3.05) is 13.2 Å². The molecule has 0 aliphatic carbocycles. The summed E-state index contributed by atoms with van der Waals surface area (Å²) in [6, 6.07) is 15.8. The Morgan fingerprint density at radius 3 is 2.65 bits per heavy atom. The molecule has 1 fully saturated rings. The molecule has 6 heteroatoms. The number of nitrogens with zero attached hydrogens (tertiary/aromatic N) is 1. The molecule has 1 aliphatic heterocycles.